The van der Waals surface area contributed by atoms with Crippen molar-refractivity contribution in [3.05, 3.63) is 54.1 Å². The monoisotopic (exact) mass is 396 g/mol. The number of carbonyl (C=O) groups is 2. The first-order valence-corrected chi connectivity index (χ1v) is 10.0. The molecule has 0 bridgehead atoms. The van der Waals surface area contributed by atoms with Crippen LogP contribution in [0, 0.1) is 5.92 Å². The van der Waals surface area contributed by atoms with E-state index in [2.05, 4.69) is 17.6 Å². The van der Waals surface area contributed by atoms with E-state index in [1.807, 2.05) is 0 Å². The van der Waals surface area contributed by atoms with Crippen molar-refractivity contribution in [2.24, 2.45) is 5.92 Å². The molecule has 6 nitrogen and oxygen atoms in total. The largest absolute Gasteiger partial charge is 0.497 e. The van der Waals surface area contributed by atoms with Gasteiger partial charge in [0.2, 0.25) is 5.91 Å². The molecule has 154 valence electrons. The number of anilines is 2. The lowest BCUT2D eigenvalue weighted by atomic mass is 9.89. The highest BCUT2D eigenvalue weighted by Crippen LogP contribution is 2.25. The van der Waals surface area contributed by atoms with E-state index < -0.39 is 0 Å². The summed E-state index contributed by atoms with van der Waals surface area (Å²) < 4.78 is 10.9. The molecule has 0 heterocycles. The first-order valence-electron chi connectivity index (χ1n) is 10.0. The van der Waals surface area contributed by atoms with Crippen LogP contribution in [0.1, 0.15) is 43.0 Å². The van der Waals surface area contributed by atoms with E-state index in [0.717, 1.165) is 25.0 Å². The van der Waals surface area contributed by atoms with Gasteiger partial charge in [0, 0.05) is 16.9 Å². The van der Waals surface area contributed by atoms with Crippen LogP contribution in [0.5, 0.6) is 5.75 Å². The first-order chi connectivity index (χ1) is 14.0. The fourth-order valence-corrected chi connectivity index (χ4v) is 3.50. The molecule has 1 aliphatic carbocycles. The minimum Gasteiger partial charge on any atom is -0.497 e. The summed E-state index contributed by atoms with van der Waals surface area (Å²) in [5, 5.41) is 5.64. The molecule has 2 aromatic carbocycles. The molecule has 6 heteroatoms. The minimum atomic E-state index is -0.220. The molecule has 0 radical (unpaired) electrons. The molecule has 0 aliphatic heterocycles. The quantitative estimate of drug-likeness (QED) is 0.723. The van der Waals surface area contributed by atoms with Crippen molar-refractivity contribution in [2.45, 2.75) is 38.7 Å². The summed E-state index contributed by atoms with van der Waals surface area (Å²) in [4.78, 5) is 24.5. The van der Waals surface area contributed by atoms with Gasteiger partial charge in [-0.15, -0.1) is 0 Å². The predicted molar refractivity (Wildman–Crippen MR) is 113 cm³/mol. The number of ether oxygens (including phenoxy) is 2. The van der Waals surface area contributed by atoms with E-state index in [1.54, 1.807) is 55.6 Å². The molecular formula is C23H28N2O4. The van der Waals surface area contributed by atoms with Gasteiger partial charge in [0.15, 0.2) is 0 Å². The lowest BCUT2D eigenvalue weighted by molar-refractivity contribution is -0.123. The molecule has 2 amide bonds. The SMILES string of the molecule is COc1ccc(NC(=O)c2ccc(NC(=O)COC3CCCC(C)C3)cc2)cc1. The Bertz CT molecular complexity index is 818. The summed E-state index contributed by atoms with van der Waals surface area (Å²) in [5.41, 5.74) is 1.82. The van der Waals surface area contributed by atoms with Crippen LogP contribution in [0.3, 0.4) is 0 Å². The molecule has 2 unspecified atom stereocenters. The van der Waals surface area contributed by atoms with Crippen molar-refractivity contribution >= 4 is 23.2 Å². The highest BCUT2D eigenvalue weighted by molar-refractivity contribution is 6.04. The second-order valence-corrected chi connectivity index (χ2v) is 7.51. The zero-order valence-corrected chi connectivity index (χ0v) is 16.9. The molecule has 0 saturated heterocycles. The molecular weight excluding hydrogens is 368 g/mol. The molecule has 2 N–H and O–H groups in total. The number of nitrogens with one attached hydrogen (secondary N) is 2. The number of rotatable bonds is 7. The van der Waals surface area contributed by atoms with E-state index in [1.165, 1.54) is 6.42 Å². The van der Waals surface area contributed by atoms with Crippen LogP contribution in [0.15, 0.2) is 48.5 Å². The normalized spacial score (nSPS) is 18.7. The molecule has 1 fully saturated rings. The maximum absolute atomic E-state index is 12.4. The van der Waals surface area contributed by atoms with Crippen LogP contribution >= 0.6 is 0 Å². The number of amides is 2. The number of hydrogen-bond acceptors (Lipinski definition) is 4. The Hall–Kier alpha value is -2.86. The fraction of sp³-hybridized carbons (Fsp3) is 0.391. The third-order valence-corrected chi connectivity index (χ3v) is 5.12. The second-order valence-electron chi connectivity index (χ2n) is 7.51. The molecule has 1 saturated carbocycles. The Labute approximate surface area is 171 Å². The molecule has 29 heavy (non-hydrogen) atoms. The van der Waals surface area contributed by atoms with E-state index in [4.69, 9.17) is 9.47 Å². The first kappa shape index (κ1) is 20.9. The van der Waals surface area contributed by atoms with E-state index in [-0.39, 0.29) is 24.5 Å². The molecule has 0 aromatic heterocycles. The Kier molecular flexibility index (Phi) is 7.25. The molecule has 2 aromatic rings. The van der Waals surface area contributed by atoms with Crippen LogP contribution < -0.4 is 15.4 Å². The van der Waals surface area contributed by atoms with Crippen molar-refractivity contribution in [1.29, 1.82) is 0 Å². The van der Waals surface area contributed by atoms with Gasteiger partial charge in [0.1, 0.15) is 12.4 Å². The van der Waals surface area contributed by atoms with Crippen LogP contribution in [0.2, 0.25) is 0 Å². The number of methoxy groups -OCH3 is 1. The fourth-order valence-electron chi connectivity index (χ4n) is 3.50. The van der Waals surface area contributed by atoms with Crippen molar-refractivity contribution in [1.82, 2.24) is 0 Å². The van der Waals surface area contributed by atoms with Crippen molar-refractivity contribution in [2.75, 3.05) is 24.4 Å². The minimum absolute atomic E-state index is 0.0527. The van der Waals surface area contributed by atoms with E-state index in [9.17, 15) is 9.59 Å². The third-order valence-electron chi connectivity index (χ3n) is 5.12. The summed E-state index contributed by atoms with van der Waals surface area (Å²) in [6.07, 6.45) is 4.62. The second kappa shape index (κ2) is 10.1. The van der Waals surface area contributed by atoms with Gasteiger partial charge in [0.05, 0.1) is 13.2 Å². The van der Waals surface area contributed by atoms with Gasteiger partial charge in [-0.2, -0.15) is 0 Å². The number of carbonyl (C=O) groups excluding carboxylic acids is 2. The third kappa shape index (κ3) is 6.32. The topological polar surface area (TPSA) is 76.7 Å². The lowest BCUT2D eigenvalue weighted by Gasteiger charge is -2.26. The zero-order valence-electron chi connectivity index (χ0n) is 16.9. The summed E-state index contributed by atoms with van der Waals surface area (Å²) in [6, 6.07) is 13.9. The standard InChI is InChI=1S/C23H28N2O4/c1-16-4-3-5-21(14-16)29-15-22(26)24-18-8-6-17(7-9-18)23(27)25-19-10-12-20(28-2)13-11-19/h6-13,16,21H,3-5,14-15H2,1-2H3,(H,24,26)(H,25,27). The maximum atomic E-state index is 12.4. The molecule has 2 atom stereocenters. The van der Waals surface area contributed by atoms with Crippen molar-refractivity contribution in [3.63, 3.8) is 0 Å². The Morgan fingerprint density at radius 3 is 2.28 bits per heavy atom. The highest BCUT2D eigenvalue weighted by atomic mass is 16.5. The number of benzene rings is 2. The molecule has 3 rings (SSSR count). The average Bonchev–Trinajstić information content (AvgIpc) is 2.73. The van der Waals surface area contributed by atoms with Crippen LogP contribution in [0.4, 0.5) is 11.4 Å². The van der Waals surface area contributed by atoms with Gasteiger partial charge in [-0.05, 0) is 67.3 Å². The van der Waals surface area contributed by atoms with Crippen LogP contribution in [0.25, 0.3) is 0 Å². The lowest BCUT2D eigenvalue weighted by Crippen LogP contribution is -2.27. The average molecular weight is 396 g/mol. The van der Waals surface area contributed by atoms with Crippen molar-refractivity contribution in [3.8, 4) is 5.75 Å². The van der Waals surface area contributed by atoms with Crippen LogP contribution in [-0.2, 0) is 9.53 Å². The van der Waals surface area contributed by atoms with E-state index >= 15 is 0 Å². The van der Waals surface area contributed by atoms with Gasteiger partial charge < -0.3 is 20.1 Å². The van der Waals surface area contributed by atoms with Crippen molar-refractivity contribution < 1.29 is 19.1 Å². The summed E-state index contributed by atoms with van der Waals surface area (Å²) in [7, 11) is 1.59. The number of hydrogen-bond donors (Lipinski definition) is 2. The Balaban J connectivity index is 1.47. The predicted octanol–water partition coefficient (Wildman–Crippen LogP) is 4.48. The van der Waals surface area contributed by atoms with Gasteiger partial charge in [0.25, 0.3) is 5.91 Å². The summed E-state index contributed by atoms with van der Waals surface area (Å²) >= 11 is 0. The highest BCUT2D eigenvalue weighted by Gasteiger charge is 2.20. The zero-order chi connectivity index (χ0) is 20.6. The summed E-state index contributed by atoms with van der Waals surface area (Å²) in [5.74, 6) is 0.986. The van der Waals surface area contributed by atoms with E-state index in [0.29, 0.717) is 22.9 Å². The Morgan fingerprint density at radius 1 is 0.966 bits per heavy atom. The maximum Gasteiger partial charge on any atom is 0.255 e. The Morgan fingerprint density at radius 2 is 1.62 bits per heavy atom. The van der Waals surface area contributed by atoms with Crippen LogP contribution in [-0.4, -0.2) is 31.6 Å². The summed E-state index contributed by atoms with van der Waals surface area (Å²) in [6.45, 7) is 2.28. The van der Waals surface area contributed by atoms with Gasteiger partial charge in [-0.25, -0.2) is 0 Å². The van der Waals surface area contributed by atoms with Gasteiger partial charge in [-0.1, -0.05) is 19.8 Å². The van der Waals surface area contributed by atoms with Gasteiger partial charge in [-0.3, -0.25) is 9.59 Å². The smallest absolute Gasteiger partial charge is 0.255 e. The molecule has 1 aliphatic rings. The molecule has 0 spiro atoms. The van der Waals surface area contributed by atoms with Gasteiger partial charge >= 0.3 is 0 Å².